The predicted molar refractivity (Wildman–Crippen MR) is 215 cm³/mol. The Balaban J connectivity index is 2.82. The first-order valence-corrected chi connectivity index (χ1v) is 24.5. The van der Waals surface area contributed by atoms with Crippen LogP contribution in [0.3, 0.4) is 0 Å². The van der Waals surface area contributed by atoms with Crippen LogP contribution in [-0.4, -0.2) is 44.6 Å². The summed E-state index contributed by atoms with van der Waals surface area (Å²) in [5.41, 5.74) is 28.4. The highest BCUT2D eigenvalue weighted by molar-refractivity contribution is 7.03. The third-order valence-corrected chi connectivity index (χ3v) is 24.6. The SMILES string of the molecule is CC(C)[Si](C#Cc1ccccc1B1OCC(C)(C)CO1)(C#C[Si](C#C[Si](C#CC(C)(C)C)(C(C)C)C(C)C)(C(C)C)C(C)C)C(C)C. The van der Waals surface area contributed by atoms with Gasteiger partial charge in [0.15, 0.2) is 0 Å². The van der Waals surface area contributed by atoms with Crippen molar-refractivity contribution in [3.63, 3.8) is 0 Å². The Labute approximate surface area is 294 Å². The van der Waals surface area contributed by atoms with Crippen LogP contribution in [0.25, 0.3) is 0 Å². The summed E-state index contributed by atoms with van der Waals surface area (Å²) in [4.78, 5) is 0. The number of rotatable bonds is 7. The molecule has 0 amide bonds. The quantitative estimate of drug-likeness (QED) is 0.210. The smallest absolute Gasteiger partial charge is 0.407 e. The standard InChI is InChI=1S/C41H65BO2Si3/c1-32(2)45(33(3)4,24-22-38-20-18-19-21-39(38)42-43-30-41(16,17)31-44-42)26-28-47(36(9)10,37(11)12)29-27-46(34(5)6,35(7)8)25-23-40(13,14)15/h18-21,32-37H,30-31H2,1-17H3. The molecular weight excluding hydrogens is 620 g/mol. The summed E-state index contributed by atoms with van der Waals surface area (Å²) < 4.78 is 12.4. The monoisotopic (exact) mass is 684 g/mol. The minimum Gasteiger partial charge on any atom is -0.407 e. The normalized spacial score (nSPS) is 15.6. The molecule has 2 nitrogen and oxygen atoms in total. The van der Waals surface area contributed by atoms with Crippen molar-refractivity contribution < 1.29 is 9.31 Å². The Hall–Kier alpha value is -1.90. The minimum absolute atomic E-state index is 0.0157. The van der Waals surface area contributed by atoms with Gasteiger partial charge < -0.3 is 9.31 Å². The molecule has 0 spiro atoms. The van der Waals surface area contributed by atoms with Gasteiger partial charge in [-0.2, -0.15) is 0 Å². The molecule has 256 valence electrons. The van der Waals surface area contributed by atoms with Crippen LogP contribution in [0.4, 0.5) is 0 Å². The Kier molecular flexibility index (Phi) is 14.2. The zero-order valence-electron chi connectivity index (χ0n) is 33.1. The Morgan fingerprint density at radius 3 is 1.34 bits per heavy atom. The summed E-state index contributed by atoms with van der Waals surface area (Å²) >= 11 is 0. The molecule has 0 bridgehead atoms. The second kappa shape index (κ2) is 16.2. The topological polar surface area (TPSA) is 18.5 Å². The van der Waals surface area contributed by atoms with Gasteiger partial charge in [-0.1, -0.05) is 121 Å². The molecule has 6 heteroatoms. The summed E-state index contributed by atoms with van der Waals surface area (Å²) in [6.07, 6.45) is 0. The van der Waals surface area contributed by atoms with Crippen LogP contribution in [0, 0.1) is 55.9 Å². The van der Waals surface area contributed by atoms with Crippen molar-refractivity contribution in [3.05, 3.63) is 29.8 Å². The van der Waals surface area contributed by atoms with Crippen LogP contribution in [0.1, 0.15) is 123 Å². The van der Waals surface area contributed by atoms with Crippen molar-refractivity contribution in [3.8, 4) is 45.1 Å². The van der Waals surface area contributed by atoms with Gasteiger partial charge in [0.05, 0.1) is 0 Å². The summed E-state index contributed by atoms with van der Waals surface area (Å²) in [5.74, 6) is 7.29. The lowest BCUT2D eigenvalue weighted by Gasteiger charge is -2.34. The molecule has 1 aliphatic rings. The van der Waals surface area contributed by atoms with Crippen LogP contribution in [0.2, 0.25) is 33.2 Å². The molecule has 0 saturated carbocycles. The van der Waals surface area contributed by atoms with E-state index in [4.69, 9.17) is 9.31 Å². The highest BCUT2D eigenvalue weighted by atomic mass is 28.3. The fourth-order valence-corrected chi connectivity index (χ4v) is 18.3. The first-order chi connectivity index (χ1) is 21.6. The molecule has 0 atom stereocenters. The molecule has 2 rings (SSSR count). The number of hydrogen-bond acceptors (Lipinski definition) is 2. The van der Waals surface area contributed by atoms with E-state index in [-0.39, 0.29) is 10.8 Å². The molecule has 1 saturated heterocycles. The molecule has 1 aromatic carbocycles. The predicted octanol–water partition coefficient (Wildman–Crippen LogP) is 9.90. The van der Waals surface area contributed by atoms with E-state index in [0.29, 0.717) is 46.5 Å². The Morgan fingerprint density at radius 1 is 0.596 bits per heavy atom. The molecule has 0 aromatic heterocycles. The van der Waals surface area contributed by atoms with Gasteiger partial charge >= 0.3 is 7.12 Å². The van der Waals surface area contributed by atoms with E-state index in [0.717, 1.165) is 11.0 Å². The van der Waals surface area contributed by atoms with Crippen LogP contribution >= 0.6 is 0 Å². The lowest BCUT2D eigenvalue weighted by atomic mass is 9.73. The maximum Gasteiger partial charge on any atom is 0.495 e. The van der Waals surface area contributed by atoms with E-state index in [1.54, 1.807) is 0 Å². The van der Waals surface area contributed by atoms with Gasteiger partial charge in [0.1, 0.15) is 0 Å². The average molecular weight is 685 g/mol. The van der Waals surface area contributed by atoms with Gasteiger partial charge in [-0.25, -0.2) is 0 Å². The minimum atomic E-state index is -2.44. The molecule has 0 unspecified atom stereocenters. The fraction of sp³-hybridized carbons (Fsp3) is 0.659. The van der Waals surface area contributed by atoms with Gasteiger partial charge in [-0.05, 0) is 65.5 Å². The van der Waals surface area contributed by atoms with Crippen molar-refractivity contribution in [2.45, 2.75) is 151 Å². The molecule has 0 N–H and O–H groups in total. The largest absolute Gasteiger partial charge is 0.495 e. The highest BCUT2D eigenvalue weighted by Gasteiger charge is 2.44. The van der Waals surface area contributed by atoms with Gasteiger partial charge in [0, 0.05) is 29.6 Å². The van der Waals surface area contributed by atoms with Crippen molar-refractivity contribution >= 4 is 36.8 Å². The van der Waals surface area contributed by atoms with E-state index in [9.17, 15) is 0 Å². The maximum absolute atomic E-state index is 6.19. The summed E-state index contributed by atoms with van der Waals surface area (Å²) in [6.45, 7) is 40.4. The molecule has 1 aliphatic heterocycles. The maximum atomic E-state index is 6.19. The molecule has 1 heterocycles. The summed E-state index contributed by atoms with van der Waals surface area (Å²) in [7, 11) is -7.52. The first-order valence-electron chi connectivity index (χ1n) is 18.0. The number of benzene rings is 1. The second-order valence-corrected chi connectivity index (χ2v) is 31.1. The Morgan fingerprint density at radius 2 is 0.957 bits per heavy atom. The van der Waals surface area contributed by atoms with E-state index in [1.807, 2.05) is 0 Å². The molecular formula is C41H65BO2Si3. The Bertz CT molecular complexity index is 1430. The molecule has 0 aliphatic carbocycles. The zero-order chi connectivity index (χ0) is 36.0. The molecule has 1 fully saturated rings. The molecule has 0 radical (unpaired) electrons. The zero-order valence-corrected chi connectivity index (χ0v) is 36.1. The van der Waals surface area contributed by atoms with Crippen LogP contribution in [0.5, 0.6) is 0 Å². The van der Waals surface area contributed by atoms with Gasteiger partial charge in [-0.3, -0.25) is 0 Å². The summed E-state index contributed by atoms with van der Waals surface area (Å²) in [5, 5.41) is 0. The van der Waals surface area contributed by atoms with Crippen molar-refractivity contribution in [2.24, 2.45) is 10.8 Å². The van der Waals surface area contributed by atoms with E-state index in [1.165, 1.54) is 0 Å². The molecule has 47 heavy (non-hydrogen) atoms. The highest BCUT2D eigenvalue weighted by Crippen LogP contribution is 2.37. The van der Waals surface area contributed by atoms with Crippen LogP contribution in [0.15, 0.2) is 24.3 Å². The molecule has 1 aromatic rings. The van der Waals surface area contributed by atoms with Crippen LogP contribution in [-0.2, 0) is 9.31 Å². The van der Waals surface area contributed by atoms with Crippen LogP contribution < -0.4 is 5.46 Å². The average Bonchev–Trinajstić information content (AvgIpc) is 2.94. The summed E-state index contributed by atoms with van der Waals surface area (Å²) in [6, 6.07) is 8.32. The third-order valence-electron chi connectivity index (χ3n) is 9.93. The second-order valence-electron chi connectivity index (χ2n) is 17.5. The van der Waals surface area contributed by atoms with E-state index in [2.05, 4.69) is 187 Å². The van der Waals surface area contributed by atoms with Crippen molar-refractivity contribution in [1.29, 1.82) is 0 Å². The van der Waals surface area contributed by atoms with E-state index < -0.39 is 31.3 Å². The van der Waals surface area contributed by atoms with Gasteiger partial charge in [-0.15, -0.1) is 39.2 Å². The van der Waals surface area contributed by atoms with Crippen molar-refractivity contribution in [1.82, 2.24) is 0 Å². The first kappa shape index (κ1) is 41.3. The van der Waals surface area contributed by atoms with Gasteiger partial charge in [0.2, 0.25) is 24.2 Å². The lowest BCUT2D eigenvalue weighted by molar-refractivity contribution is 0.0343. The van der Waals surface area contributed by atoms with Crippen molar-refractivity contribution in [2.75, 3.05) is 13.2 Å². The van der Waals surface area contributed by atoms with Gasteiger partial charge in [0.25, 0.3) is 0 Å². The fourth-order valence-electron chi connectivity index (χ4n) is 6.39. The lowest BCUT2D eigenvalue weighted by Crippen LogP contribution is -2.48. The third kappa shape index (κ3) is 10.1. The van der Waals surface area contributed by atoms with E-state index >= 15 is 0 Å². The number of hydrogen-bond donors (Lipinski definition) is 0.